The Morgan fingerprint density at radius 2 is 2.12 bits per heavy atom. The molecule has 0 aromatic heterocycles. The fraction of sp³-hybridized carbons (Fsp3) is 0.444. The average Bonchev–Trinajstić information content (AvgIpc) is 2.58. The van der Waals surface area contributed by atoms with E-state index >= 15 is 0 Å². The first-order valence-corrected chi connectivity index (χ1v) is 7.93. The van der Waals surface area contributed by atoms with Crippen molar-refractivity contribution in [3.63, 3.8) is 0 Å². The molecule has 0 amide bonds. The summed E-state index contributed by atoms with van der Waals surface area (Å²) >= 11 is 0. The SMILES string of the molecule is CCOCCOC(=O)/C(C#N)=C(\CC)N[C@H](C)c1cccc(F)c1. The van der Waals surface area contributed by atoms with E-state index in [0.29, 0.717) is 18.7 Å². The van der Waals surface area contributed by atoms with Crippen molar-refractivity contribution < 1.29 is 18.7 Å². The van der Waals surface area contributed by atoms with E-state index in [9.17, 15) is 14.4 Å². The number of ether oxygens (including phenoxy) is 2. The van der Waals surface area contributed by atoms with Crippen molar-refractivity contribution in [1.82, 2.24) is 5.32 Å². The van der Waals surface area contributed by atoms with E-state index in [1.54, 1.807) is 12.1 Å². The number of hydrogen-bond acceptors (Lipinski definition) is 5. The highest BCUT2D eigenvalue weighted by molar-refractivity contribution is 5.93. The maximum absolute atomic E-state index is 13.3. The van der Waals surface area contributed by atoms with Crippen LogP contribution in [0.15, 0.2) is 35.5 Å². The number of hydrogen-bond donors (Lipinski definition) is 1. The van der Waals surface area contributed by atoms with Crippen molar-refractivity contribution in [2.24, 2.45) is 0 Å². The summed E-state index contributed by atoms with van der Waals surface area (Å²) in [5.41, 5.74) is 1.12. The second kappa shape index (κ2) is 10.4. The number of halogens is 1. The first kappa shape index (κ1) is 19.7. The molecule has 0 heterocycles. The summed E-state index contributed by atoms with van der Waals surface area (Å²) in [4.78, 5) is 12.1. The van der Waals surface area contributed by atoms with Crippen LogP contribution >= 0.6 is 0 Å². The first-order valence-electron chi connectivity index (χ1n) is 7.93. The number of benzene rings is 1. The largest absolute Gasteiger partial charge is 0.459 e. The molecule has 0 saturated carbocycles. The second-order valence-electron chi connectivity index (χ2n) is 5.07. The molecule has 0 aliphatic heterocycles. The smallest absolute Gasteiger partial charge is 0.350 e. The van der Waals surface area contributed by atoms with Gasteiger partial charge in [0.25, 0.3) is 0 Å². The number of esters is 1. The van der Waals surface area contributed by atoms with Crippen molar-refractivity contribution in [2.45, 2.75) is 33.2 Å². The molecule has 1 rings (SSSR count). The number of carbonyl (C=O) groups excluding carboxylic acids is 1. The summed E-state index contributed by atoms with van der Waals surface area (Å²) < 4.78 is 23.5. The van der Waals surface area contributed by atoms with Gasteiger partial charge in [-0.1, -0.05) is 19.1 Å². The van der Waals surface area contributed by atoms with E-state index in [4.69, 9.17) is 9.47 Å². The molecule has 0 unspecified atom stereocenters. The van der Waals surface area contributed by atoms with E-state index in [1.807, 2.05) is 26.8 Å². The van der Waals surface area contributed by atoms with Crippen molar-refractivity contribution in [1.29, 1.82) is 5.26 Å². The zero-order valence-corrected chi connectivity index (χ0v) is 14.3. The first-order chi connectivity index (χ1) is 11.5. The molecule has 1 aromatic rings. The lowest BCUT2D eigenvalue weighted by atomic mass is 10.1. The van der Waals surface area contributed by atoms with Crippen LogP contribution in [0.1, 0.15) is 38.8 Å². The monoisotopic (exact) mass is 334 g/mol. The van der Waals surface area contributed by atoms with Crippen LogP contribution in [0, 0.1) is 17.1 Å². The van der Waals surface area contributed by atoms with Crippen LogP contribution < -0.4 is 5.32 Å². The number of carbonyl (C=O) groups is 1. The van der Waals surface area contributed by atoms with Crippen molar-refractivity contribution in [3.8, 4) is 6.07 Å². The van der Waals surface area contributed by atoms with Crippen LogP contribution in [-0.2, 0) is 14.3 Å². The van der Waals surface area contributed by atoms with Gasteiger partial charge in [-0.2, -0.15) is 5.26 Å². The molecule has 0 aliphatic carbocycles. The minimum Gasteiger partial charge on any atom is -0.459 e. The normalized spacial score (nSPS) is 12.8. The average molecular weight is 334 g/mol. The van der Waals surface area contributed by atoms with Gasteiger partial charge in [0.15, 0.2) is 5.57 Å². The number of rotatable bonds is 9. The van der Waals surface area contributed by atoms with Gasteiger partial charge in [-0.25, -0.2) is 9.18 Å². The lowest BCUT2D eigenvalue weighted by Gasteiger charge is -2.18. The van der Waals surface area contributed by atoms with Crippen molar-refractivity contribution in [2.75, 3.05) is 19.8 Å². The molecule has 0 saturated heterocycles. The molecule has 0 radical (unpaired) electrons. The van der Waals surface area contributed by atoms with Gasteiger partial charge in [0.1, 0.15) is 18.5 Å². The molecule has 0 bridgehead atoms. The van der Waals surface area contributed by atoms with Gasteiger partial charge in [-0.15, -0.1) is 0 Å². The fourth-order valence-corrected chi connectivity index (χ4v) is 2.12. The van der Waals surface area contributed by atoms with E-state index in [2.05, 4.69) is 5.32 Å². The van der Waals surface area contributed by atoms with Gasteiger partial charge < -0.3 is 14.8 Å². The Labute approximate surface area is 142 Å². The molecule has 5 nitrogen and oxygen atoms in total. The van der Waals surface area contributed by atoms with E-state index in [0.717, 1.165) is 5.56 Å². The Morgan fingerprint density at radius 1 is 1.38 bits per heavy atom. The molecule has 1 aromatic carbocycles. The maximum atomic E-state index is 13.3. The lowest BCUT2D eigenvalue weighted by Crippen LogP contribution is -2.23. The summed E-state index contributed by atoms with van der Waals surface area (Å²) in [6.45, 7) is 6.41. The highest BCUT2D eigenvalue weighted by Crippen LogP contribution is 2.18. The third-order valence-electron chi connectivity index (χ3n) is 3.38. The molecule has 24 heavy (non-hydrogen) atoms. The number of allylic oxidation sites excluding steroid dienone is 1. The van der Waals surface area contributed by atoms with E-state index in [1.165, 1.54) is 12.1 Å². The summed E-state index contributed by atoms with van der Waals surface area (Å²) in [6, 6.07) is 7.81. The summed E-state index contributed by atoms with van der Waals surface area (Å²) in [6.07, 6.45) is 0.448. The van der Waals surface area contributed by atoms with Gasteiger partial charge in [-0.3, -0.25) is 0 Å². The Balaban J connectivity index is 2.84. The third kappa shape index (κ3) is 6.01. The van der Waals surface area contributed by atoms with Gasteiger partial charge in [-0.05, 0) is 38.0 Å². The predicted molar refractivity (Wildman–Crippen MR) is 88.3 cm³/mol. The molecule has 0 spiro atoms. The molecule has 1 atom stereocenters. The Morgan fingerprint density at radius 3 is 2.71 bits per heavy atom. The lowest BCUT2D eigenvalue weighted by molar-refractivity contribution is -0.140. The molecular formula is C18H23FN2O3. The van der Waals surface area contributed by atoms with Crippen LogP contribution in [0.25, 0.3) is 0 Å². The minimum atomic E-state index is -0.687. The summed E-state index contributed by atoms with van der Waals surface area (Å²) in [5.74, 6) is -1.02. The van der Waals surface area contributed by atoms with Crippen LogP contribution in [-0.4, -0.2) is 25.8 Å². The van der Waals surface area contributed by atoms with Crippen molar-refractivity contribution >= 4 is 5.97 Å². The van der Waals surface area contributed by atoms with Crippen LogP contribution in [0.2, 0.25) is 0 Å². The van der Waals surface area contributed by atoms with Gasteiger partial charge in [0.05, 0.1) is 6.61 Å². The van der Waals surface area contributed by atoms with Crippen LogP contribution in [0.5, 0.6) is 0 Å². The Hall–Kier alpha value is -2.39. The molecule has 0 aliphatic rings. The Kier molecular flexibility index (Phi) is 8.52. The van der Waals surface area contributed by atoms with Gasteiger partial charge in [0, 0.05) is 18.3 Å². The number of nitrogens with zero attached hydrogens (tertiary/aromatic N) is 1. The number of nitrogens with one attached hydrogen (secondary N) is 1. The maximum Gasteiger partial charge on any atom is 0.350 e. The van der Waals surface area contributed by atoms with E-state index < -0.39 is 5.97 Å². The fourth-order valence-electron chi connectivity index (χ4n) is 2.12. The number of nitriles is 1. The highest BCUT2D eigenvalue weighted by atomic mass is 19.1. The van der Waals surface area contributed by atoms with Crippen molar-refractivity contribution in [3.05, 3.63) is 46.9 Å². The minimum absolute atomic E-state index is 0.0720. The molecule has 0 fully saturated rings. The van der Waals surface area contributed by atoms with E-state index in [-0.39, 0.29) is 30.6 Å². The molecular weight excluding hydrogens is 311 g/mol. The zero-order chi connectivity index (χ0) is 17.9. The van der Waals surface area contributed by atoms with Crippen LogP contribution in [0.3, 0.4) is 0 Å². The third-order valence-corrected chi connectivity index (χ3v) is 3.38. The zero-order valence-electron chi connectivity index (χ0n) is 14.3. The topological polar surface area (TPSA) is 71.3 Å². The molecule has 130 valence electrons. The molecule has 6 heteroatoms. The standard InChI is InChI=1S/C18H23FN2O3/c1-4-17(16(12-20)18(22)24-10-9-23-5-2)21-13(3)14-7-6-8-15(19)11-14/h6-8,11,13,21H,4-5,9-10H2,1-3H3/b17-16+/t13-/m1/s1. The highest BCUT2D eigenvalue weighted by Gasteiger charge is 2.18. The summed E-state index contributed by atoms with van der Waals surface area (Å²) in [5, 5.41) is 12.4. The van der Waals surface area contributed by atoms with Gasteiger partial charge in [0.2, 0.25) is 0 Å². The Bertz CT molecular complexity index is 623. The predicted octanol–water partition coefficient (Wildman–Crippen LogP) is 3.24. The second-order valence-corrected chi connectivity index (χ2v) is 5.07. The molecule has 1 N–H and O–H groups in total. The quantitative estimate of drug-likeness (QED) is 0.325. The summed E-state index contributed by atoms with van der Waals surface area (Å²) in [7, 11) is 0. The van der Waals surface area contributed by atoms with Gasteiger partial charge >= 0.3 is 5.97 Å². The van der Waals surface area contributed by atoms with Crippen LogP contribution in [0.4, 0.5) is 4.39 Å².